The number of thioether (sulfide) groups is 1. The normalized spacial score (nSPS) is 10.9. The Balaban J connectivity index is 1.65. The molecule has 0 atom stereocenters. The van der Waals surface area contributed by atoms with Crippen LogP contribution in [0.15, 0.2) is 46.2 Å². The van der Waals surface area contributed by atoms with E-state index in [4.69, 9.17) is 4.52 Å². The average Bonchev–Trinajstić information content (AvgIpc) is 3.21. The summed E-state index contributed by atoms with van der Waals surface area (Å²) >= 11 is 1.31. The summed E-state index contributed by atoms with van der Waals surface area (Å²) in [5.74, 6) is 1.02. The lowest BCUT2D eigenvalue weighted by molar-refractivity contribution is -0.113. The monoisotopic (exact) mass is 372 g/mol. The summed E-state index contributed by atoms with van der Waals surface area (Å²) in [6.07, 6.45) is 1.81. The lowest BCUT2D eigenvalue weighted by atomic mass is 10.1. The molecule has 0 radical (unpaired) electrons. The highest BCUT2D eigenvalue weighted by Crippen LogP contribution is 2.20. The summed E-state index contributed by atoms with van der Waals surface area (Å²) in [6, 6.07) is 9.88. The third kappa shape index (κ3) is 4.74. The average molecular weight is 372 g/mol. The quantitative estimate of drug-likeness (QED) is 0.620. The van der Waals surface area contributed by atoms with Crippen molar-refractivity contribution in [2.75, 3.05) is 11.1 Å². The van der Waals surface area contributed by atoms with Gasteiger partial charge in [-0.15, -0.1) is 0 Å². The Morgan fingerprint density at radius 3 is 2.73 bits per heavy atom. The molecule has 0 spiro atoms. The Morgan fingerprint density at radius 2 is 2.08 bits per heavy atom. The minimum atomic E-state index is -0.196. The largest absolute Gasteiger partial charge is 0.390 e. The number of amides is 1. The van der Waals surface area contributed by atoms with Crippen molar-refractivity contribution in [3.63, 3.8) is 0 Å². The number of aliphatic hydroxyl groups is 1. The molecule has 136 valence electrons. The van der Waals surface area contributed by atoms with Crippen LogP contribution in [0.3, 0.4) is 0 Å². The number of rotatable bonds is 7. The van der Waals surface area contributed by atoms with E-state index in [0.29, 0.717) is 29.0 Å². The first-order chi connectivity index (χ1) is 12.5. The van der Waals surface area contributed by atoms with Crippen LogP contribution in [0.1, 0.15) is 22.6 Å². The predicted molar refractivity (Wildman–Crippen MR) is 99.0 cm³/mol. The van der Waals surface area contributed by atoms with E-state index in [2.05, 4.69) is 39.7 Å². The first-order valence-electron chi connectivity index (χ1n) is 8.12. The van der Waals surface area contributed by atoms with Crippen molar-refractivity contribution in [3.05, 3.63) is 59.1 Å². The number of nitrogens with one attached hydrogen (secondary N) is 1. The molecule has 8 heteroatoms. The first kappa shape index (κ1) is 18.2. The highest BCUT2D eigenvalue weighted by Gasteiger charge is 2.12. The maximum absolute atomic E-state index is 12.1. The Labute approximate surface area is 155 Å². The van der Waals surface area contributed by atoms with Crippen molar-refractivity contribution < 1.29 is 14.4 Å². The van der Waals surface area contributed by atoms with Gasteiger partial charge < -0.3 is 19.5 Å². The second-order valence-electron chi connectivity index (χ2n) is 5.95. The van der Waals surface area contributed by atoms with E-state index < -0.39 is 0 Å². The molecule has 0 unspecified atom stereocenters. The molecule has 3 rings (SSSR count). The number of benzene rings is 1. The van der Waals surface area contributed by atoms with Gasteiger partial charge in [-0.3, -0.25) is 4.79 Å². The van der Waals surface area contributed by atoms with Crippen molar-refractivity contribution >= 4 is 23.5 Å². The Bertz CT molecular complexity index is 886. The molecule has 2 heterocycles. The first-order valence-corrected chi connectivity index (χ1v) is 9.10. The summed E-state index contributed by atoms with van der Waals surface area (Å²) in [4.78, 5) is 16.5. The number of nitrogens with zero attached hydrogens (tertiary/aromatic N) is 3. The molecule has 2 N–H and O–H groups in total. The van der Waals surface area contributed by atoms with E-state index in [1.165, 1.54) is 17.3 Å². The molecular formula is C18H20N4O3S. The van der Waals surface area contributed by atoms with Crippen LogP contribution in [0.25, 0.3) is 0 Å². The maximum atomic E-state index is 12.1. The van der Waals surface area contributed by atoms with Crippen LogP contribution in [0.4, 0.5) is 5.82 Å². The van der Waals surface area contributed by atoms with Crippen LogP contribution in [-0.4, -0.2) is 31.5 Å². The number of imidazole rings is 1. The zero-order valence-electron chi connectivity index (χ0n) is 14.6. The number of anilines is 1. The molecule has 0 aliphatic carbocycles. The van der Waals surface area contributed by atoms with E-state index in [0.717, 1.165) is 5.56 Å². The van der Waals surface area contributed by atoms with Gasteiger partial charge in [0.05, 0.1) is 18.1 Å². The van der Waals surface area contributed by atoms with Crippen molar-refractivity contribution in [1.82, 2.24) is 14.7 Å². The Kier molecular flexibility index (Phi) is 5.75. The molecule has 26 heavy (non-hydrogen) atoms. The van der Waals surface area contributed by atoms with Crippen LogP contribution in [-0.2, 0) is 17.9 Å². The molecule has 2 aromatic heterocycles. The van der Waals surface area contributed by atoms with Crippen LogP contribution in [0.5, 0.6) is 0 Å². The van der Waals surface area contributed by atoms with Crippen LogP contribution in [0, 0.1) is 13.8 Å². The van der Waals surface area contributed by atoms with Crippen LogP contribution < -0.4 is 5.32 Å². The molecule has 0 bridgehead atoms. The number of carbonyl (C=O) groups is 1. The smallest absolute Gasteiger partial charge is 0.236 e. The SMILES string of the molecule is Cc1ccc(Cn2cc(CO)nc2SCC(=O)Nc2cc(C)on2)cc1. The van der Waals surface area contributed by atoms with Gasteiger partial charge in [0.25, 0.3) is 0 Å². The van der Waals surface area contributed by atoms with Gasteiger partial charge in [0.2, 0.25) is 5.91 Å². The number of hydrogen-bond donors (Lipinski definition) is 2. The van der Waals surface area contributed by atoms with Gasteiger partial charge in [-0.1, -0.05) is 46.7 Å². The van der Waals surface area contributed by atoms with Crippen molar-refractivity contribution in [2.24, 2.45) is 0 Å². The third-order valence-electron chi connectivity index (χ3n) is 3.65. The Hall–Kier alpha value is -2.58. The zero-order chi connectivity index (χ0) is 18.5. The van der Waals surface area contributed by atoms with E-state index in [1.807, 2.05) is 11.5 Å². The van der Waals surface area contributed by atoms with Crippen molar-refractivity contribution in [1.29, 1.82) is 0 Å². The molecule has 1 amide bonds. The summed E-state index contributed by atoms with van der Waals surface area (Å²) in [5.41, 5.74) is 2.90. The van der Waals surface area contributed by atoms with Gasteiger partial charge in [0, 0.05) is 18.8 Å². The standard InChI is InChI=1S/C18H20N4O3S/c1-12-3-5-14(6-4-12)8-22-9-15(10-23)19-18(22)26-11-17(24)20-16-7-13(2)25-21-16/h3-7,9,23H,8,10-11H2,1-2H3,(H,20,21,24). The molecule has 0 saturated heterocycles. The molecule has 0 aliphatic heterocycles. The molecular weight excluding hydrogens is 352 g/mol. The minimum absolute atomic E-state index is 0.140. The summed E-state index contributed by atoms with van der Waals surface area (Å²) < 4.78 is 6.86. The van der Waals surface area contributed by atoms with E-state index in [1.54, 1.807) is 19.2 Å². The summed E-state index contributed by atoms with van der Waals surface area (Å²) in [7, 11) is 0. The second kappa shape index (κ2) is 8.20. The van der Waals surface area contributed by atoms with E-state index in [-0.39, 0.29) is 18.3 Å². The van der Waals surface area contributed by atoms with Crippen LogP contribution >= 0.6 is 11.8 Å². The highest BCUT2D eigenvalue weighted by molar-refractivity contribution is 7.99. The molecule has 3 aromatic rings. The lowest BCUT2D eigenvalue weighted by Crippen LogP contribution is -2.14. The molecule has 7 nitrogen and oxygen atoms in total. The van der Waals surface area contributed by atoms with Crippen molar-refractivity contribution in [2.45, 2.75) is 32.2 Å². The third-order valence-corrected chi connectivity index (χ3v) is 4.64. The van der Waals surface area contributed by atoms with Gasteiger partial charge in [-0.05, 0) is 19.4 Å². The fourth-order valence-corrected chi connectivity index (χ4v) is 3.18. The maximum Gasteiger partial charge on any atom is 0.236 e. The number of aromatic nitrogens is 3. The van der Waals surface area contributed by atoms with Gasteiger partial charge in [0.1, 0.15) is 5.76 Å². The van der Waals surface area contributed by atoms with Gasteiger partial charge in [-0.2, -0.15) is 0 Å². The summed E-state index contributed by atoms with van der Waals surface area (Å²) in [6.45, 7) is 4.29. The van der Waals surface area contributed by atoms with Crippen molar-refractivity contribution in [3.8, 4) is 0 Å². The fourth-order valence-electron chi connectivity index (χ4n) is 2.38. The number of aliphatic hydroxyl groups excluding tert-OH is 1. The highest BCUT2D eigenvalue weighted by atomic mass is 32.2. The molecule has 0 saturated carbocycles. The topological polar surface area (TPSA) is 93.2 Å². The number of hydrogen-bond acceptors (Lipinski definition) is 6. The predicted octanol–water partition coefficient (Wildman–Crippen LogP) is 2.76. The summed E-state index contributed by atoms with van der Waals surface area (Å²) in [5, 5.41) is 16.5. The molecule has 0 aliphatic rings. The molecule has 0 fully saturated rings. The Morgan fingerprint density at radius 1 is 1.31 bits per heavy atom. The van der Waals surface area contributed by atoms with Gasteiger partial charge in [0.15, 0.2) is 11.0 Å². The lowest BCUT2D eigenvalue weighted by Gasteiger charge is -2.08. The second-order valence-corrected chi connectivity index (χ2v) is 6.89. The fraction of sp³-hybridized carbons (Fsp3) is 0.278. The van der Waals surface area contributed by atoms with Gasteiger partial charge >= 0.3 is 0 Å². The molecule has 1 aromatic carbocycles. The van der Waals surface area contributed by atoms with E-state index >= 15 is 0 Å². The van der Waals surface area contributed by atoms with Gasteiger partial charge in [-0.25, -0.2) is 4.98 Å². The zero-order valence-corrected chi connectivity index (χ0v) is 15.4. The van der Waals surface area contributed by atoms with Crippen LogP contribution in [0.2, 0.25) is 0 Å². The number of aryl methyl sites for hydroxylation is 2. The number of carbonyl (C=O) groups excluding carboxylic acids is 1. The minimum Gasteiger partial charge on any atom is -0.390 e. The van der Waals surface area contributed by atoms with E-state index in [9.17, 15) is 9.90 Å².